The Bertz CT molecular complexity index is 441. The van der Waals surface area contributed by atoms with Crippen LogP contribution in [0.1, 0.15) is 66.2 Å². The van der Waals surface area contributed by atoms with Gasteiger partial charge in [0.05, 0.1) is 18.7 Å². The van der Waals surface area contributed by atoms with Gasteiger partial charge in [-0.05, 0) is 27.2 Å². The second kappa shape index (κ2) is 8.89. The summed E-state index contributed by atoms with van der Waals surface area (Å²) in [5, 5.41) is 5.90. The van der Waals surface area contributed by atoms with Crippen LogP contribution in [0, 0.1) is 0 Å². The Balaban J connectivity index is 2.41. The molecule has 0 saturated heterocycles. The maximum atomic E-state index is 12.0. The van der Waals surface area contributed by atoms with Crippen LogP contribution in [-0.4, -0.2) is 53.4 Å². The highest BCUT2D eigenvalue weighted by Gasteiger charge is 2.26. The molecule has 1 aliphatic rings. The number of hydrogen-bond acceptors (Lipinski definition) is 4. The smallest absolute Gasteiger partial charge is 0.410 e. The predicted octanol–water partition coefficient (Wildman–Crippen LogP) is 3.41. The van der Waals surface area contributed by atoms with E-state index in [1.54, 1.807) is 12.1 Å². The van der Waals surface area contributed by atoms with E-state index >= 15 is 0 Å². The van der Waals surface area contributed by atoms with Crippen LogP contribution in [0.25, 0.3) is 0 Å². The fourth-order valence-electron chi connectivity index (χ4n) is 2.33. The summed E-state index contributed by atoms with van der Waals surface area (Å²) in [4.78, 5) is 25.4. The van der Waals surface area contributed by atoms with Gasteiger partial charge in [-0.1, -0.05) is 32.6 Å². The molecule has 0 fully saturated rings. The summed E-state index contributed by atoms with van der Waals surface area (Å²) in [6, 6.07) is 0. The number of unbranched alkanes of at least 4 members (excludes halogenated alkanes) is 4. The molecule has 0 saturated carbocycles. The molecule has 0 aromatic carbocycles. The second-order valence-corrected chi connectivity index (χ2v) is 7.11. The van der Waals surface area contributed by atoms with Crippen molar-refractivity contribution in [2.45, 2.75) is 71.8 Å². The van der Waals surface area contributed by atoms with Crippen LogP contribution in [0.2, 0.25) is 0 Å². The van der Waals surface area contributed by atoms with Crippen LogP contribution in [0.5, 0.6) is 0 Å². The molecule has 23 heavy (non-hydrogen) atoms. The molecule has 6 heteroatoms. The highest BCUT2D eigenvalue weighted by molar-refractivity contribution is 6.06. The molecular weight excluding hydrogens is 294 g/mol. The van der Waals surface area contributed by atoms with Crippen molar-refractivity contribution in [3.05, 3.63) is 0 Å². The molecule has 1 rings (SSSR count). The lowest BCUT2D eigenvalue weighted by atomic mass is 10.1. The zero-order chi connectivity index (χ0) is 17.5. The van der Waals surface area contributed by atoms with E-state index in [9.17, 15) is 9.59 Å². The highest BCUT2D eigenvalue weighted by atomic mass is 16.6. The number of hydrazone groups is 1. The van der Waals surface area contributed by atoms with E-state index < -0.39 is 11.7 Å². The number of carbonyl (C=O) groups excluding carboxylic acids is 2. The van der Waals surface area contributed by atoms with Gasteiger partial charge in [-0.3, -0.25) is 4.79 Å². The Morgan fingerprint density at radius 3 is 2.52 bits per heavy atom. The Kier molecular flexibility index (Phi) is 7.52. The first-order valence-corrected chi connectivity index (χ1v) is 8.53. The molecule has 0 aromatic rings. The molecule has 0 radical (unpaired) electrons. The van der Waals surface area contributed by atoms with Gasteiger partial charge in [0.25, 0.3) is 0 Å². The van der Waals surface area contributed by atoms with Crippen molar-refractivity contribution in [2.24, 2.45) is 5.10 Å². The van der Waals surface area contributed by atoms with Crippen molar-refractivity contribution in [2.75, 3.05) is 20.1 Å². The van der Waals surface area contributed by atoms with Crippen LogP contribution >= 0.6 is 0 Å². The Hall–Kier alpha value is -1.59. The Labute approximate surface area is 139 Å². The third kappa shape index (κ3) is 7.48. The van der Waals surface area contributed by atoms with Gasteiger partial charge in [0, 0.05) is 13.6 Å². The van der Waals surface area contributed by atoms with Crippen molar-refractivity contribution in [3.63, 3.8) is 0 Å². The molecular formula is C17H31N3O3. The van der Waals surface area contributed by atoms with Gasteiger partial charge in [-0.25, -0.2) is 9.80 Å². The summed E-state index contributed by atoms with van der Waals surface area (Å²) in [5.41, 5.74) is 0.195. The van der Waals surface area contributed by atoms with E-state index in [2.05, 4.69) is 12.0 Å². The molecule has 2 amide bonds. The number of hydrogen-bond donors (Lipinski definition) is 0. The van der Waals surface area contributed by atoms with E-state index in [0.717, 1.165) is 18.6 Å². The quantitative estimate of drug-likeness (QED) is 0.642. The molecule has 6 nitrogen and oxygen atoms in total. The predicted molar refractivity (Wildman–Crippen MR) is 91.4 cm³/mol. The van der Waals surface area contributed by atoms with Crippen LogP contribution in [0.4, 0.5) is 4.79 Å². The Morgan fingerprint density at radius 1 is 1.26 bits per heavy atom. The minimum Gasteiger partial charge on any atom is -0.444 e. The van der Waals surface area contributed by atoms with Crippen LogP contribution < -0.4 is 0 Å². The van der Waals surface area contributed by atoms with Crippen molar-refractivity contribution >= 4 is 17.7 Å². The van der Waals surface area contributed by atoms with Crippen LogP contribution in [0.15, 0.2) is 5.10 Å². The maximum absolute atomic E-state index is 12.0. The zero-order valence-electron chi connectivity index (χ0n) is 15.2. The normalized spacial score (nSPS) is 14.9. The lowest BCUT2D eigenvalue weighted by Crippen LogP contribution is -2.37. The molecule has 0 unspecified atom stereocenters. The van der Waals surface area contributed by atoms with E-state index in [1.807, 2.05) is 20.8 Å². The van der Waals surface area contributed by atoms with E-state index in [4.69, 9.17) is 4.74 Å². The number of ether oxygens (including phenoxy) is 1. The summed E-state index contributed by atoms with van der Waals surface area (Å²) in [7, 11) is 1.66. The molecule has 0 bridgehead atoms. The average molecular weight is 325 g/mol. The number of nitrogens with zero attached hydrogens (tertiary/aromatic N) is 3. The van der Waals surface area contributed by atoms with Crippen molar-refractivity contribution < 1.29 is 14.3 Å². The summed E-state index contributed by atoms with van der Waals surface area (Å²) < 4.78 is 5.30. The number of carbonyl (C=O) groups is 2. The third-order valence-corrected chi connectivity index (χ3v) is 3.50. The van der Waals surface area contributed by atoms with Gasteiger partial charge in [-0.2, -0.15) is 5.10 Å². The largest absolute Gasteiger partial charge is 0.444 e. The van der Waals surface area contributed by atoms with Gasteiger partial charge < -0.3 is 9.64 Å². The number of rotatable bonds is 8. The zero-order valence-corrected chi connectivity index (χ0v) is 15.2. The van der Waals surface area contributed by atoms with Crippen molar-refractivity contribution in [1.82, 2.24) is 9.91 Å². The first-order chi connectivity index (χ1) is 10.7. The summed E-state index contributed by atoms with van der Waals surface area (Å²) in [6.45, 7) is 8.66. The number of amides is 2. The van der Waals surface area contributed by atoms with E-state index in [1.165, 1.54) is 24.2 Å². The van der Waals surface area contributed by atoms with E-state index in [0.29, 0.717) is 19.5 Å². The molecule has 0 spiro atoms. The van der Waals surface area contributed by atoms with Gasteiger partial charge in [0.2, 0.25) is 5.91 Å². The SMILES string of the molecule is CCCCCCCN1N=C(CN(C)C(=O)OC(C)(C)C)CC1=O. The lowest BCUT2D eigenvalue weighted by Gasteiger charge is -2.24. The highest BCUT2D eigenvalue weighted by Crippen LogP contribution is 2.13. The average Bonchev–Trinajstić information content (AvgIpc) is 2.76. The fourth-order valence-corrected chi connectivity index (χ4v) is 2.33. The second-order valence-electron chi connectivity index (χ2n) is 7.11. The minimum absolute atomic E-state index is 0.0214. The first-order valence-electron chi connectivity index (χ1n) is 8.53. The standard InChI is InChI=1S/C17H31N3O3/c1-6-7-8-9-10-11-20-15(21)12-14(18-20)13-19(5)16(22)23-17(2,3)4/h6-13H2,1-5H3. The van der Waals surface area contributed by atoms with Gasteiger partial charge >= 0.3 is 6.09 Å². The minimum atomic E-state index is -0.525. The molecule has 0 aliphatic carbocycles. The maximum Gasteiger partial charge on any atom is 0.410 e. The van der Waals surface area contributed by atoms with E-state index in [-0.39, 0.29) is 5.91 Å². The van der Waals surface area contributed by atoms with Crippen molar-refractivity contribution in [1.29, 1.82) is 0 Å². The molecule has 1 aliphatic heterocycles. The first kappa shape index (κ1) is 19.5. The fraction of sp³-hybridized carbons (Fsp3) is 0.824. The molecule has 0 atom stereocenters. The molecule has 1 heterocycles. The summed E-state index contributed by atoms with van der Waals surface area (Å²) in [5.74, 6) is 0.0214. The molecule has 132 valence electrons. The molecule has 0 N–H and O–H groups in total. The summed E-state index contributed by atoms with van der Waals surface area (Å²) in [6.07, 6.45) is 5.65. The Morgan fingerprint density at radius 2 is 1.91 bits per heavy atom. The van der Waals surface area contributed by atoms with Crippen molar-refractivity contribution in [3.8, 4) is 0 Å². The monoisotopic (exact) mass is 325 g/mol. The van der Waals surface area contributed by atoms with Gasteiger partial charge in [0.15, 0.2) is 0 Å². The summed E-state index contributed by atoms with van der Waals surface area (Å²) >= 11 is 0. The van der Waals surface area contributed by atoms with Gasteiger partial charge in [-0.15, -0.1) is 0 Å². The molecule has 0 aromatic heterocycles. The topological polar surface area (TPSA) is 62.2 Å². The third-order valence-electron chi connectivity index (χ3n) is 3.50. The van der Waals surface area contributed by atoms with Gasteiger partial charge in [0.1, 0.15) is 5.60 Å². The lowest BCUT2D eigenvalue weighted by molar-refractivity contribution is -0.128. The van der Waals surface area contributed by atoms with Crippen LogP contribution in [0.3, 0.4) is 0 Å². The van der Waals surface area contributed by atoms with Crippen LogP contribution in [-0.2, 0) is 9.53 Å².